The van der Waals surface area contributed by atoms with Gasteiger partial charge in [-0.25, -0.2) is 0 Å². The van der Waals surface area contributed by atoms with Crippen LogP contribution in [-0.2, 0) is 0 Å². The van der Waals surface area contributed by atoms with Crippen LogP contribution in [0.15, 0.2) is 152 Å². The van der Waals surface area contributed by atoms with Crippen molar-refractivity contribution in [3.8, 4) is 16.8 Å². The summed E-state index contributed by atoms with van der Waals surface area (Å²) in [5.41, 5.74) is 6.30. The molecule has 0 saturated carbocycles. The first-order chi connectivity index (χ1) is 21.4. The molecule has 0 amide bonds. The molecule has 0 bridgehead atoms. The zero-order valence-corrected chi connectivity index (χ0v) is 23.4. The van der Waals surface area contributed by atoms with E-state index < -0.39 is 0 Å². The summed E-state index contributed by atoms with van der Waals surface area (Å²) in [6.45, 7) is 0. The molecule has 1 aromatic heterocycles. The number of aromatic nitrogens is 1. The maximum Gasteiger partial charge on any atom is 0.0626 e. The Morgan fingerprint density at radius 2 is 0.930 bits per heavy atom. The van der Waals surface area contributed by atoms with Crippen molar-refractivity contribution in [3.05, 3.63) is 152 Å². The van der Waals surface area contributed by atoms with E-state index in [0.717, 1.165) is 0 Å². The van der Waals surface area contributed by atoms with Gasteiger partial charge in [0.25, 0.3) is 0 Å². The number of fused-ring (bicyclic) bond motifs is 7. The Morgan fingerprint density at radius 3 is 1.72 bits per heavy atom. The molecule has 0 atom stereocenters. The lowest BCUT2D eigenvalue weighted by atomic mass is 9.84. The Balaban J connectivity index is 1.49. The van der Waals surface area contributed by atoms with Crippen molar-refractivity contribution < 1.29 is 0 Å². The Morgan fingerprint density at radius 1 is 0.349 bits per heavy atom. The van der Waals surface area contributed by atoms with Crippen molar-refractivity contribution in [2.24, 2.45) is 0 Å². The molecule has 0 spiro atoms. The van der Waals surface area contributed by atoms with E-state index in [1.165, 1.54) is 92.5 Å². The zero-order valence-electron chi connectivity index (χ0n) is 23.4. The molecule has 10 aromatic rings. The molecule has 0 aliphatic carbocycles. The van der Waals surface area contributed by atoms with E-state index >= 15 is 0 Å². The summed E-state index contributed by atoms with van der Waals surface area (Å²) in [5.74, 6) is 0. The number of rotatable bonds is 2. The quantitative estimate of drug-likeness (QED) is 0.151. The molecule has 1 heterocycles. The van der Waals surface area contributed by atoms with Gasteiger partial charge in [0.15, 0.2) is 0 Å². The van der Waals surface area contributed by atoms with E-state index in [1.54, 1.807) is 0 Å². The van der Waals surface area contributed by atoms with Crippen LogP contribution in [0.1, 0.15) is 0 Å². The van der Waals surface area contributed by atoms with Crippen LogP contribution in [-0.4, -0.2) is 4.57 Å². The van der Waals surface area contributed by atoms with Gasteiger partial charge in [-0.3, -0.25) is 0 Å². The minimum Gasteiger partial charge on any atom is -0.309 e. The Bertz CT molecular complexity index is 2660. The van der Waals surface area contributed by atoms with E-state index in [1.807, 2.05) is 0 Å². The van der Waals surface area contributed by atoms with Crippen molar-refractivity contribution in [2.45, 2.75) is 0 Å². The van der Waals surface area contributed by atoms with Crippen LogP contribution in [0.3, 0.4) is 0 Å². The van der Waals surface area contributed by atoms with Gasteiger partial charge in [-0.05, 0) is 84.5 Å². The number of para-hydroxylation sites is 2. The first kappa shape index (κ1) is 23.0. The molecule has 0 N–H and O–H groups in total. The van der Waals surface area contributed by atoms with E-state index in [4.69, 9.17) is 0 Å². The molecule has 10 rings (SSSR count). The van der Waals surface area contributed by atoms with Gasteiger partial charge in [0.2, 0.25) is 0 Å². The molecule has 9 aromatic carbocycles. The van der Waals surface area contributed by atoms with Crippen LogP contribution in [0.5, 0.6) is 0 Å². The molecule has 43 heavy (non-hydrogen) atoms. The van der Waals surface area contributed by atoms with Crippen LogP contribution in [0.25, 0.3) is 92.5 Å². The van der Waals surface area contributed by atoms with Gasteiger partial charge in [0.1, 0.15) is 0 Å². The minimum atomic E-state index is 1.18. The second-order valence-electron chi connectivity index (χ2n) is 11.7. The molecule has 198 valence electrons. The smallest absolute Gasteiger partial charge is 0.0626 e. The van der Waals surface area contributed by atoms with Crippen LogP contribution in [0, 0.1) is 0 Å². The molecule has 1 nitrogen and oxygen atoms in total. The molecule has 0 saturated heterocycles. The fourth-order valence-corrected chi connectivity index (χ4v) is 7.78. The van der Waals surface area contributed by atoms with Crippen LogP contribution in [0.4, 0.5) is 0 Å². The van der Waals surface area contributed by atoms with Gasteiger partial charge >= 0.3 is 0 Å². The fraction of sp³-hybridized carbons (Fsp3) is 0. The number of nitrogens with zero attached hydrogens (tertiary/aromatic N) is 1. The van der Waals surface area contributed by atoms with E-state index in [9.17, 15) is 0 Å². The molecular formula is C42H25N. The Hall–Kier alpha value is -5.66. The van der Waals surface area contributed by atoms with E-state index in [0.29, 0.717) is 0 Å². The van der Waals surface area contributed by atoms with E-state index in [2.05, 4.69) is 156 Å². The highest BCUT2D eigenvalue weighted by atomic mass is 15.0. The highest BCUT2D eigenvalue weighted by Crippen LogP contribution is 2.49. The summed E-state index contributed by atoms with van der Waals surface area (Å²) in [5, 5.41) is 15.6. The van der Waals surface area contributed by atoms with Gasteiger partial charge in [-0.15, -0.1) is 0 Å². The Labute approximate surface area is 248 Å². The third-order valence-electron chi connectivity index (χ3n) is 9.46. The fourth-order valence-electron chi connectivity index (χ4n) is 7.78. The van der Waals surface area contributed by atoms with Crippen molar-refractivity contribution in [3.63, 3.8) is 0 Å². The molecule has 0 fully saturated rings. The third-order valence-corrected chi connectivity index (χ3v) is 9.46. The maximum absolute atomic E-state index is 2.47. The highest BCUT2D eigenvalue weighted by molar-refractivity contribution is 6.39. The summed E-state index contributed by atoms with van der Waals surface area (Å²) in [6, 6.07) is 55.9. The monoisotopic (exact) mass is 543 g/mol. The summed E-state index contributed by atoms with van der Waals surface area (Å²) >= 11 is 0. The molecule has 1 heteroatoms. The first-order valence-corrected chi connectivity index (χ1v) is 15.0. The van der Waals surface area contributed by atoms with Crippen molar-refractivity contribution in [1.29, 1.82) is 0 Å². The molecular weight excluding hydrogens is 518 g/mol. The SMILES string of the molecule is c1ccc(-n2c3ccccc3c3c4cccc5cc(-c6c7ccccc7cc7ccccc67)c6cccc(c6c54)c32)cc1. The predicted octanol–water partition coefficient (Wildman–Crippen LogP) is 11.7. The van der Waals surface area contributed by atoms with Gasteiger partial charge in [-0.1, -0.05) is 121 Å². The number of hydrogen-bond acceptors (Lipinski definition) is 0. The minimum absolute atomic E-state index is 1.18. The topological polar surface area (TPSA) is 4.93 Å². The summed E-state index contributed by atoms with van der Waals surface area (Å²) in [7, 11) is 0. The lowest BCUT2D eigenvalue weighted by Crippen LogP contribution is -1.96. The highest BCUT2D eigenvalue weighted by Gasteiger charge is 2.23. The molecule has 0 aliphatic heterocycles. The largest absolute Gasteiger partial charge is 0.309 e. The van der Waals surface area contributed by atoms with Gasteiger partial charge in [0.05, 0.1) is 11.0 Å². The molecule has 0 aliphatic rings. The van der Waals surface area contributed by atoms with E-state index in [-0.39, 0.29) is 0 Å². The summed E-state index contributed by atoms with van der Waals surface area (Å²) in [6.07, 6.45) is 0. The van der Waals surface area contributed by atoms with Crippen molar-refractivity contribution >= 4 is 75.7 Å². The van der Waals surface area contributed by atoms with Gasteiger partial charge in [-0.2, -0.15) is 0 Å². The second kappa shape index (κ2) is 8.44. The lowest BCUT2D eigenvalue weighted by molar-refractivity contribution is 1.19. The Kier molecular flexibility index (Phi) is 4.51. The van der Waals surface area contributed by atoms with Crippen molar-refractivity contribution in [1.82, 2.24) is 4.57 Å². The van der Waals surface area contributed by atoms with Crippen LogP contribution < -0.4 is 0 Å². The zero-order chi connectivity index (χ0) is 28.1. The van der Waals surface area contributed by atoms with Gasteiger partial charge in [0, 0.05) is 27.2 Å². The number of benzene rings is 9. The first-order valence-electron chi connectivity index (χ1n) is 15.0. The average molecular weight is 544 g/mol. The van der Waals surface area contributed by atoms with Gasteiger partial charge < -0.3 is 4.57 Å². The standard InChI is InChI=1S/C42H25N/c1-2-15-29(16-3-1)43-37-23-9-8-19-33(37)41-34-21-10-14-28-25-36(32-20-11-22-35(42(41)43)40(32)38(28)34)39-30-17-6-4-12-26(30)24-27-13-5-7-18-31(27)39/h1-25H. The normalized spacial score (nSPS) is 12.2. The molecule has 0 unspecified atom stereocenters. The third kappa shape index (κ3) is 3.01. The average Bonchev–Trinajstić information content (AvgIpc) is 3.42. The van der Waals surface area contributed by atoms with Crippen LogP contribution >= 0.6 is 0 Å². The predicted molar refractivity (Wildman–Crippen MR) is 185 cm³/mol. The molecule has 0 radical (unpaired) electrons. The van der Waals surface area contributed by atoms with Crippen molar-refractivity contribution in [2.75, 3.05) is 0 Å². The maximum atomic E-state index is 2.47. The summed E-state index contributed by atoms with van der Waals surface area (Å²) < 4.78 is 2.47. The number of hydrogen-bond donors (Lipinski definition) is 0. The van der Waals surface area contributed by atoms with Crippen LogP contribution in [0.2, 0.25) is 0 Å². The lowest BCUT2D eigenvalue weighted by Gasteiger charge is -2.19. The second-order valence-corrected chi connectivity index (χ2v) is 11.7. The summed E-state index contributed by atoms with van der Waals surface area (Å²) in [4.78, 5) is 0.